The number of fused-ring (bicyclic) bond motifs is 1. The highest BCUT2D eigenvalue weighted by Gasteiger charge is 2.17. The maximum Gasteiger partial charge on any atom is 0.181 e. The van der Waals surface area contributed by atoms with Crippen molar-refractivity contribution >= 4 is 29.3 Å². The van der Waals surface area contributed by atoms with Crippen molar-refractivity contribution in [3.8, 4) is 5.75 Å². The molecular weight excluding hydrogens is 423 g/mol. The number of likely N-dealkylation sites (N-methyl/N-ethyl adjacent to an activating group) is 1. The Morgan fingerprint density at radius 2 is 2.00 bits per heavy atom. The van der Waals surface area contributed by atoms with Crippen LogP contribution in [0.3, 0.4) is 0 Å². The van der Waals surface area contributed by atoms with Crippen molar-refractivity contribution in [2.24, 2.45) is 9.98 Å². The van der Waals surface area contributed by atoms with Gasteiger partial charge in [0.2, 0.25) is 0 Å². The molecule has 1 aliphatic rings. The maximum absolute atomic E-state index is 14.5. The topological polar surface area (TPSA) is 96.9 Å². The molecule has 3 N–H and O–H groups in total. The van der Waals surface area contributed by atoms with Crippen LogP contribution in [-0.2, 0) is 0 Å². The smallest absolute Gasteiger partial charge is 0.181 e. The molecule has 1 aromatic carbocycles. The third-order valence-corrected chi connectivity index (χ3v) is 5.48. The summed E-state index contributed by atoms with van der Waals surface area (Å²) in [5.41, 5.74) is 2.63. The van der Waals surface area contributed by atoms with Crippen LogP contribution in [0.1, 0.15) is 11.4 Å². The van der Waals surface area contributed by atoms with E-state index in [4.69, 9.17) is 4.74 Å². The number of hydrogen-bond donors (Lipinski definition) is 3. The minimum absolute atomic E-state index is 0.0318. The molecule has 1 saturated heterocycles. The fourth-order valence-electron chi connectivity index (χ4n) is 3.69. The Labute approximate surface area is 192 Å². The molecule has 0 radical (unpaired) electrons. The molecule has 1 aliphatic heterocycles. The van der Waals surface area contributed by atoms with E-state index >= 15 is 0 Å². The summed E-state index contributed by atoms with van der Waals surface area (Å²) in [6, 6.07) is 6.95. The molecule has 0 saturated carbocycles. The van der Waals surface area contributed by atoms with Crippen molar-refractivity contribution in [2.75, 3.05) is 45.3 Å². The molecule has 4 rings (SSSR count). The standard InChI is InChI=1S/C23H29FN8O/c1-15-9-17-11-20(18(24)12-19(17)27-15)33-14-26-23(32-7-5-31(4)6-8-32)13-21(25-3)28-22-10-16(2)29-30-22/h9-13,27H,3,5-8,14H2,1-2,4H3,(H2,28,29,30)/b21-13+,26-23+. The van der Waals surface area contributed by atoms with Gasteiger partial charge in [-0.2, -0.15) is 5.10 Å². The average molecular weight is 453 g/mol. The molecule has 9 nitrogen and oxygen atoms in total. The number of nitrogens with zero attached hydrogens (tertiary/aromatic N) is 5. The van der Waals surface area contributed by atoms with Gasteiger partial charge in [-0.3, -0.25) is 5.10 Å². The summed E-state index contributed by atoms with van der Waals surface area (Å²) in [7, 11) is 2.09. The zero-order valence-corrected chi connectivity index (χ0v) is 19.2. The van der Waals surface area contributed by atoms with E-state index in [-0.39, 0.29) is 12.5 Å². The first-order chi connectivity index (χ1) is 15.9. The van der Waals surface area contributed by atoms with Crippen molar-refractivity contribution < 1.29 is 9.13 Å². The van der Waals surface area contributed by atoms with Crippen LogP contribution in [-0.4, -0.2) is 77.5 Å². The number of aryl methyl sites for hydroxylation is 2. The maximum atomic E-state index is 14.5. The molecule has 0 unspecified atom stereocenters. The summed E-state index contributed by atoms with van der Waals surface area (Å²) < 4.78 is 20.2. The molecule has 3 aromatic rings. The van der Waals surface area contributed by atoms with Crippen molar-refractivity contribution in [3.05, 3.63) is 53.4 Å². The van der Waals surface area contributed by atoms with E-state index in [1.807, 2.05) is 26.0 Å². The number of aromatic nitrogens is 3. The number of nitrogens with one attached hydrogen (secondary N) is 3. The van der Waals surface area contributed by atoms with E-state index in [0.717, 1.165) is 48.5 Å². The van der Waals surface area contributed by atoms with Crippen molar-refractivity contribution in [1.29, 1.82) is 0 Å². The highest BCUT2D eigenvalue weighted by atomic mass is 19.1. The molecular formula is C23H29FN8O. The van der Waals surface area contributed by atoms with Gasteiger partial charge in [0, 0.05) is 66.7 Å². The van der Waals surface area contributed by atoms with Crippen molar-refractivity contribution in [3.63, 3.8) is 0 Å². The summed E-state index contributed by atoms with van der Waals surface area (Å²) in [5, 5.41) is 11.1. The van der Waals surface area contributed by atoms with E-state index < -0.39 is 5.82 Å². The van der Waals surface area contributed by atoms with Crippen LogP contribution in [0.2, 0.25) is 0 Å². The van der Waals surface area contributed by atoms with Crippen LogP contribution >= 0.6 is 0 Å². The number of piperazine rings is 1. The number of aromatic amines is 2. The Morgan fingerprint density at radius 1 is 1.21 bits per heavy atom. The summed E-state index contributed by atoms with van der Waals surface area (Å²) in [4.78, 5) is 16.2. The summed E-state index contributed by atoms with van der Waals surface area (Å²) >= 11 is 0. The minimum Gasteiger partial charge on any atom is -0.468 e. The van der Waals surface area contributed by atoms with Gasteiger partial charge in [0.15, 0.2) is 24.1 Å². The van der Waals surface area contributed by atoms with Crippen LogP contribution in [0, 0.1) is 19.7 Å². The summed E-state index contributed by atoms with van der Waals surface area (Å²) in [6.45, 7) is 10.9. The number of amidine groups is 1. The fourth-order valence-corrected chi connectivity index (χ4v) is 3.69. The lowest BCUT2D eigenvalue weighted by Gasteiger charge is -2.33. The highest BCUT2D eigenvalue weighted by Crippen LogP contribution is 2.25. The second-order valence-electron chi connectivity index (χ2n) is 8.15. The number of H-pyrrole nitrogens is 2. The SMILES string of the molecule is C=N/C(=C\C(=N/COc1cc2cc(C)[nH]c2cc1F)N1CCN(C)CC1)Nc1cc(C)[nH]n1. The quantitative estimate of drug-likeness (QED) is 0.378. The molecule has 1 fully saturated rings. The van der Waals surface area contributed by atoms with Crippen molar-refractivity contribution in [1.82, 2.24) is 25.0 Å². The third-order valence-electron chi connectivity index (χ3n) is 5.48. The van der Waals surface area contributed by atoms with Gasteiger partial charge in [-0.05, 0) is 39.7 Å². The molecule has 0 spiro atoms. The number of hydrogen-bond acceptors (Lipinski definition) is 6. The molecule has 174 valence electrons. The van der Waals surface area contributed by atoms with Gasteiger partial charge in [-0.1, -0.05) is 0 Å². The third kappa shape index (κ3) is 5.58. The summed E-state index contributed by atoms with van der Waals surface area (Å²) in [6.07, 6.45) is 1.81. The molecule has 33 heavy (non-hydrogen) atoms. The fraction of sp³-hybridized carbons (Fsp3) is 0.348. The molecule has 10 heteroatoms. The molecule has 3 heterocycles. The number of rotatable bonds is 7. The van der Waals surface area contributed by atoms with E-state index in [2.05, 4.69) is 54.0 Å². The van der Waals surface area contributed by atoms with Crippen LogP contribution in [0.15, 0.2) is 46.1 Å². The minimum atomic E-state index is -0.430. The predicted molar refractivity (Wildman–Crippen MR) is 130 cm³/mol. The first-order valence-electron chi connectivity index (χ1n) is 10.8. The van der Waals surface area contributed by atoms with Gasteiger partial charge in [0.25, 0.3) is 0 Å². The number of aliphatic imine (C=N–C) groups is 2. The lowest BCUT2D eigenvalue weighted by molar-refractivity contribution is 0.214. The van der Waals surface area contributed by atoms with Gasteiger partial charge in [0.1, 0.15) is 11.7 Å². The molecule has 0 atom stereocenters. The Kier molecular flexibility index (Phi) is 6.74. The second-order valence-corrected chi connectivity index (χ2v) is 8.15. The average Bonchev–Trinajstić information content (AvgIpc) is 3.36. The Bertz CT molecular complexity index is 1190. The van der Waals surface area contributed by atoms with Crippen LogP contribution in [0.4, 0.5) is 10.2 Å². The Morgan fingerprint density at radius 3 is 2.70 bits per heavy atom. The van der Waals surface area contributed by atoms with Gasteiger partial charge in [-0.15, -0.1) is 0 Å². The van der Waals surface area contributed by atoms with E-state index in [9.17, 15) is 4.39 Å². The van der Waals surface area contributed by atoms with Gasteiger partial charge in [-0.25, -0.2) is 14.4 Å². The molecule has 0 amide bonds. The van der Waals surface area contributed by atoms with Gasteiger partial charge < -0.3 is 24.8 Å². The van der Waals surface area contributed by atoms with Gasteiger partial charge >= 0.3 is 0 Å². The predicted octanol–water partition coefficient (Wildman–Crippen LogP) is 3.28. The van der Waals surface area contributed by atoms with E-state index in [0.29, 0.717) is 17.5 Å². The van der Waals surface area contributed by atoms with E-state index in [1.54, 1.807) is 12.1 Å². The zero-order chi connectivity index (χ0) is 23.4. The Balaban J connectivity index is 1.54. The van der Waals surface area contributed by atoms with Crippen LogP contribution in [0.5, 0.6) is 5.75 Å². The molecule has 0 bridgehead atoms. The van der Waals surface area contributed by atoms with Crippen molar-refractivity contribution in [2.45, 2.75) is 13.8 Å². The molecule has 0 aliphatic carbocycles. The summed E-state index contributed by atoms with van der Waals surface area (Å²) in [5.74, 6) is 1.57. The number of anilines is 1. The first-order valence-corrected chi connectivity index (χ1v) is 10.8. The molecule has 2 aromatic heterocycles. The van der Waals surface area contributed by atoms with E-state index in [1.165, 1.54) is 6.07 Å². The lowest BCUT2D eigenvalue weighted by Crippen LogP contribution is -2.47. The zero-order valence-electron chi connectivity index (χ0n) is 19.2. The number of benzene rings is 1. The number of ether oxygens (including phenoxy) is 1. The largest absolute Gasteiger partial charge is 0.468 e. The number of halogens is 1. The van der Waals surface area contributed by atoms with Gasteiger partial charge in [0.05, 0.1) is 0 Å². The Hall–Kier alpha value is -3.66. The highest BCUT2D eigenvalue weighted by molar-refractivity contribution is 5.94. The monoisotopic (exact) mass is 452 g/mol. The second kappa shape index (κ2) is 9.86. The normalized spacial score (nSPS) is 15.8. The van der Waals surface area contributed by atoms with Crippen LogP contribution < -0.4 is 10.1 Å². The van der Waals surface area contributed by atoms with Crippen LogP contribution in [0.25, 0.3) is 10.9 Å². The first kappa shape index (κ1) is 22.5. The lowest BCUT2D eigenvalue weighted by atomic mass is 10.2.